The van der Waals surface area contributed by atoms with E-state index in [0.717, 1.165) is 48.8 Å². The number of hydrogen-bond acceptors (Lipinski definition) is 4. The van der Waals surface area contributed by atoms with Crippen molar-refractivity contribution < 1.29 is 9.53 Å². The van der Waals surface area contributed by atoms with Gasteiger partial charge in [0.2, 0.25) is 5.91 Å². The van der Waals surface area contributed by atoms with Crippen molar-refractivity contribution in [3.05, 3.63) is 90.8 Å². The van der Waals surface area contributed by atoms with Gasteiger partial charge in [0.15, 0.2) is 0 Å². The van der Waals surface area contributed by atoms with Crippen LogP contribution in [0.25, 0.3) is 11.0 Å². The van der Waals surface area contributed by atoms with Gasteiger partial charge in [0.25, 0.3) is 0 Å². The minimum Gasteiger partial charge on any atom is -0.486 e. The molecule has 2 heterocycles. The second-order valence-electron chi connectivity index (χ2n) is 7.91. The summed E-state index contributed by atoms with van der Waals surface area (Å²) < 4.78 is 7.93. The Morgan fingerprint density at radius 1 is 0.812 bits per heavy atom. The first-order valence-electron chi connectivity index (χ1n) is 11.0. The first kappa shape index (κ1) is 20.1. The lowest BCUT2D eigenvalue weighted by Crippen LogP contribution is -2.49. The van der Waals surface area contributed by atoms with Gasteiger partial charge in [-0.05, 0) is 36.4 Å². The van der Waals surface area contributed by atoms with Crippen molar-refractivity contribution in [2.24, 2.45) is 0 Å². The molecule has 0 N–H and O–H groups in total. The van der Waals surface area contributed by atoms with E-state index in [2.05, 4.69) is 29.2 Å². The molecule has 32 heavy (non-hydrogen) atoms. The maximum absolute atomic E-state index is 13.2. The predicted molar refractivity (Wildman–Crippen MR) is 126 cm³/mol. The molecule has 0 atom stereocenters. The number of para-hydroxylation sites is 4. The van der Waals surface area contributed by atoms with Gasteiger partial charge in [0.1, 0.15) is 24.7 Å². The quantitative estimate of drug-likeness (QED) is 0.468. The summed E-state index contributed by atoms with van der Waals surface area (Å²) in [5, 5.41) is 0. The summed E-state index contributed by atoms with van der Waals surface area (Å²) in [4.78, 5) is 22.2. The number of rotatable bonds is 6. The topological polar surface area (TPSA) is 50.6 Å². The van der Waals surface area contributed by atoms with E-state index in [1.54, 1.807) is 0 Å². The molecule has 1 aliphatic heterocycles. The number of imidazole rings is 1. The molecule has 5 rings (SSSR count). The maximum Gasteiger partial charge on any atom is 0.242 e. The fraction of sp³-hybridized carbons (Fsp3) is 0.231. The van der Waals surface area contributed by atoms with E-state index in [1.807, 2.05) is 70.1 Å². The number of carbonyl (C=O) groups is 1. The summed E-state index contributed by atoms with van der Waals surface area (Å²) in [6.07, 6.45) is 0. The first-order chi connectivity index (χ1) is 15.8. The van der Waals surface area contributed by atoms with Crippen molar-refractivity contribution >= 4 is 22.6 Å². The predicted octanol–water partition coefficient (Wildman–Crippen LogP) is 3.96. The summed E-state index contributed by atoms with van der Waals surface area (Å²) in [6, 6.07) is 28.0. The number of ether oxygens (including phenoxy) is 1. The monoisotopic (exact) mass is 426 g/mol. The molecule has 0 unspecified atom stereocenters. The van der Waals surface area contributed by atoms with Crippen LogP contribution in [0.1, 0.15) is 5.82 Å². The third-order valence-corrected chi connectivity index (χ3v) is 5.89. The highest BCUT2D eigenvalue weighted by Gasteiger charge is 2.23. The minimum absolute atomic E-state index is 0.113. The lowest BCUT2D eigenvalue weighted by Gasteiger charge is -2.36. The number of benzene rings is 3. The number of fused-ring (bicyclic) bond motifs is 1. The van der Waals surface area contributed by atoms with Crippen LogP contribution in [0.4, 0.5) is 5.69 Å². The Labute approximate surface area is 187 Å². The van der Waals surface area contributed by atoms with Crippen LogP contribution in [0.15, 0.2) is 84.9 Å². The van der Waals surface area contributed by atoms with Gasteiger partial charge >= 0.3 is 0 Å². The number of aromatic nitrogens is 2. The SMILES string of the molecule is O=C(Cn1c(COc2ccccc2)nc2ccccc21)N1CCN(c2ccccc2)CC1. The minimum atomic E-state index is 0.113. The molecule has 1 amide bonds. The van der Waals surface area contributed by atoms with Gasteiger partial charge in [-0.15, -0.1) is 0 Å². The van der Waals surface area contributed by atoms with E-state index in [-0.39, 0.29) is 12.5 Å². The van der Waals surface area contributed by atoms with Crippen molar-refractivity contribution in [3.8, 4) is 5.75 Å². The smallest absolute Gasteiger partial charge is 0.242 e. The second-order valence-corrected chi connectivity index (χ2v) is 7.91. The lowest BCUT2D eigenvalue weighted by molar-refractivity contribution is -0.132. The Bertz CT molecular complexity index is 1180. The molecule has 0 spiro atoms. The van der Waals surface area contributed by atoms with Crippen LogP contribution < -0.4 is 9.64 Å². The highest BCUT2D eigenvalue weighted by Crippen LogP contribution is 2.20. The van der Waals surface area contributed by atoms with E-state index in [0.29, 0.717) is 6.61 Å². The van der Waals surface area contributed by atoms with Gasteiger partial charge in [-0.1, -0.05) is 48.5 Å². The molecule has 1 fully saturated rings. The number of piperazine rings is 1. The summed E-state index contributed by atoms with van der Waals surface area (Å²) in [5.41, 5.74) is 3.04. The van der Waals surface area contributed by atoms with Crippen LogP contribution in [0.2, 0.25) is 0 Å². The van der Waals surface area contributed by atoms with Gasteiger partial charge in [-0.2, -0.15) is 0 Å². The normalized spacial score (nSPS) is 14.0. The average Bonchev–Trinajstić information content (AvgIpc) is 3.21. The summed E-state index contributed by atoms with van der Waals surface area (Å²) in [7, 11) is 0. The first-order valence-corrected chi connectivity index (χ1v) is 11.0. The van der Waals surface area contributed by atoms with Crippen LogP contribution in [0.5, 0.6) is 5.75 Å². The Morgan fingerprint density at radius 2 is 1.47 bits per heavy atom. The maximum atomic E-state index is 13.2. The third kappa shape index (κ3) is 4.30. The van der Waals surface area contributed by atoms with E-state index < -0.39 is 0 Å². The van der Waals surface area contributed by atoms with E-state index in [1.165, 1.54) is 5.69 Å². The van der Waals surface area contributed by atoms with Crippen LogP contribution in [-0.4, -0.2) is 46.5 Å². The van der Waals surface area contributed by atoms with E-state index in [4.69, 9.17) is 9.72 Å². The molecule has 0 saturated carbocycles. The Hall–Kier alpha value is -3.80. The van der Waals surface area contributed by atoms with Gasteiger partial charge in [0, 0.05) is 31.9 Å². The number of hydrogen-bond donors (Lipinski definition) is 0. The summed E-state index contributed by atoms with van der Waals surface area (Å²) in [5.74, 6) is 1.66. The summed E-state index contributed by atoms with van der Waals surface area (Å²) >= 11 is 0. The van der Waals surface area contributed by atoms with Crippen molar-refractivity contribution in [1.82, 2.24) is 14.5 Å². The molecule has 3 aromatic carbocycles. The third-order valence-electron chi connectivity index (χ3n) is 5.89. The fourth-order valence-corrected chi connectivity index (χ4v) is 4.16. The van der Waals surface area contributed by atoms with Crippen molar-refractivity contribution in [2.75, 3.05) is 31.1 Å². The summed E-state index contributed by atoms with van der Waals surface area (Å²) in [6.45, 7) is 3.69. The van der Waals surface area contributed by atoms with E-state index >= 15 is 0 Å². The zero-order chi connectivity index (χ0) is 21.8. The van der Waals surface area contributed by atoms with Crippen LogP contribution in [-0.2, 0) is 17.9 Å². The molecule has 0 radical (unpaired) electrons. The average molecular weight is 427 g/mol. The molecule has 6 heteroatoms. The second kappa shape index (κ2) is 9.14. The van der Waals surface area contributed by atoms with Gasteiger partial charge in [0.05, 0.1) is 11.0 Å². The van der Waals surface area contributed by atoms with Gasteiger partial charge in [-0.25, -0.2) is 4.98 Å². The molecule has 4 aromatic rings. The van der Waals surface area contributed by atoms with Crippen LogP contribution in [0.3, 0.4) is 0 Å². The molecule has 1 aromatic heterocycles. The Morgan fingerprint density at radius 3 is 2.22 bits per heavy atom. The van der Waals surface area contributed by atoms with Gasteiger partial charge in [-0.3, -0.25) is 4.79 Å². The van der Waals surface area contributed by atoms with Crippen molar-refractivity contribution in [1.29, 1.82) is 0 Å². The molecule has 0 bridgehead atoms. The van der Waals surface area contributed by atoms with Crippen LogP contribution in [0, 0.1) is 0 Å². The Kier molecular flexibility index (Phi) is 5.75. The number of nitrogens with zero attached hydrogens (tertiary/aromatic N) is 4. The van der Waals surface area contributed by atoms with Gasteiger partial charge < -0.3 is 19.1 Å². The highest BCUT2D eigenvalue weighted by molar-refractivity contribution is 5.81. The molecular weight excluding hydrogens is 400 g/mol. The largest absolute Gasteiger partial charge is 0.486 e. The molecule has 6 nitrogen and oxygen atoms in total. The standard InChI is InChI=1S/C26H26N4O2/c31-26(29-17-15-28(16-18-29)21-9-3-1-4-10-21)19-30-24-14-8-7-13-23(24)27-25(30)20-32-22-11-5-2-6-12-22/h1-14H,15-20H2. The number of amides is 1. The molecule has 0 aliphatic carbocycles. The number of anilines is 1. The van der Waals surface area contributed by atoms with Crippen molar-refractivity contribution in [2.45, 2.75) is 13.2 Å². The van der Waals surface area contributed by atoms with Crippen LogP contribution >= 0.6 is 0 Å². The van der Waals surface area contributed by atoms with E-state index in [9.17, 15) is 4.79 Å². The fourth-order valence-electron chi connectivity index (χ4n) is 4.16. The zero-order valence-electron chi connectivity index (χ0n) is 17.9. The molecular formula is C26H26N4O2. The highest BCUT2D eigenvalue weighted by atomic mass is 16.5. The zero-order valence-corrected chi connectivity index (χ0v) is 17.9. The molecule has 1 saturated heterocycles. The molecule has 162 valence electrons. The number of carbonyl (C=O) groups excluding carboxylic acids is 1. The van der Waals surface area contributed by atoms with Crippen molar-refractivity contribution in [3.63, 3.8) is 0 Å². The molecule has 1 aliphatic rings. The Balaban J connectivity index is 1.29. The lowest BCUT2D eigenvalue weighted by atomic mass is 10.2.